The predicted molar refractivity (Wildman–Crippen MR) is 131 cm³/mol. The minimum atomic E-state index is 0.798. The van der Waals surface area contributed by atoms with E-state index >= 15 is 0 Å². The Kier molecular flexibility index (Phi) is 8.65. The summed E-state index contributed by atoms with van der Waals surface area (Å²) in [5.41, 5.74) is 7.38. The molecule has 0 spiro atoms. The lowest BCUT2D eigenvalue weighted by molar-refractivity contribution is 0.667. The number of pyridine rings is 3. The van der Waals surface area contributed by atoms with Gasteiger partial charge in [0.2, 0.25) is 0 Å². The Morgan fingerprint density at radius 1 is 0.424 bits per heavy atom. The summed E-state index contributed by atoms with van der Waals surface area (Å²) in [6, 6.07) is 19.0. The van der Waals surface area contributed by atoms with Crippen molar-refractivity contribution in [3.63, 3.8) is 0 Å². The van der Waals surface area contributed by atoms with Gasteiger partial charge in [0.1, 0.15) is 0 Å². The molecule has 6 nitrogen and oxygen atoms in total. The molecular formula is C27H30N6. The van der Waals surface area contributed by atoms with Crippen LogP contribution in [-0.2, 0) is 39.3 Å². The molecule has 1 aromatic carbocycles. The highest BCUT2D eigenvalue weighted by atomic mass is 14.9. The van der Waals surface area contributed by atoms with Crippen molar-refractivity contribution in [3.05, 3.63) is 125 Å². The van der Waals surface area contributed by atoms with Crippen molar-refractivity contribution in [1.29, 1.82) is 0 Å². The van der Waals surface area contributed by atoms with Crippen molar-refractivity contribution in [2.45, 2.75) is 39.3 Å². The second-order valence-electron chi connectivity index (χ2n) is 8.05. The van der Waals surface area contributed by atoms with Crippen LogP contribution in [-0.4, -0.2) is 15.0 Å². The number of benzene rings is 1. The fourth-order valence-corrected chi connectivity index (χ4v) is 3.71. The smallest absolute Gasteiger partial charge is 0.0312 e. The summed E-state index contributed by atoms with van der Waals surface area (Å²) in [6.07, 6.45) is 11.1. The maximum absolute atomic E-state index is 4.19. The summed E-state index contributed by atoms with van der Waals surface area (Å²) in [4.78, 5) is 12.6. The largest absolute Gasteiger partial charge is 0.309 e. The molecule has 0 radical (unpaired) electrons. The molecular weight excluding hydrogens is 408 g/mol. The first-order chi connectivity index (χ1) is 16.3. The average molecular weight is 439 g/mol. The van der Waals surface area contributed by atoms with Crippen LogP contribution in [0.5, 0.6) is 0 Å². The van der Waals surface area contributed by atoms with Crippen LogP contribution in [0.25, 0.3) is 0 Å². The topological polar surface area (TPSA) is 74.8 Å². The Hall–Kier alpha value is -3.45. The Morgan fingerprint density at radius 3 is 1.00 bits per heavy atom. The van der Waals surface area contributed by atoms with Gasteiger partial charge in [-0.3, -0.25) is 15.0 Å². The first-order valence-corrected chi connectivity index (χ1v) is 11.3. The first-order valence-electron chi connectivity index (χ1n) is 11.3. The third-order valence-corrected chi connectivity index (χ3v) is 5.26. The monoisotopic (exact) mass is 438 g/mol. The van der Waals surface area contributed by atoms with Crippen molar-refractivity contribution < 1.29 is 0 Å². The highest BCUT2D eigenvalue weighted by molar-refractivity contribution is 5.30. The molecule has 3 aromatic heterocycles. The van der Waals surface area contributed by atoms with E-state index in [0.29, 0.717) is 0 Å². The van der Waals surface area contributed by atoms with Crippen LogP contribution >= 0.6 is 0 Å². The lowest BCUT2D eigenvalue weighted by Crippen LogP contribution is -2.17. The molecule has 6 heteroatoms. The summed E-state index contributed by atoms with van der Waals surface area (Å²) in [5, 5.41) is 10.6. The molecule has 0 aliphatic rings. The average Bonchev–Trinajstić information content (AvgIpc) is 2.86. The Balaban J connectivity index is 1.37. The van der Waals surface area contributed by atoms with Crippen molar-refractivity contribution in [2.75, 3.05) is 0 Å². The number of hydrogen-bond acceptors (Lipinski definition) is 6. The van der Waals surface area contributed by atoms with E-state index in [1.165, 1.54) is 33.4 Å². The zero-order chi connectivity index (χ0) is 22.6. The number of rotatable bonds is 12. The summed E-state index contributed by atoms with van der Waals surface area (Å²) in [7, 11) is 0. The molecule has 0 aliphatic carbocycles. The van der Waals surface area contributed by atoms with Crippen LogP contribution in [0.15, 0.2) is 91.8 Å². The van der Waals surface area contributed by atoms with Gasteiger partial charge in [-0.25, -0.2) is 0 Å². The van der Waals surface area contributed by atoms with Gasteiger partial charge in [0.05, 0.1) is 0 Å². The van der Waals surface area contributed by atoms with E-state index in [2.05, 4.69) is 67.3 Å². The number of nitrogens with one attached hydrogen (secondary N) is 3. The van der Waals surface area contributed by atoms with Gasteiger partial charge in [0, 0.05) is 76.4 Å². The van der Waals surface area contributed by atoms with Gasteiger partial charge >= 0.3 is 0 Å². The molecule has 0 saturated carbocycles. The van der Waals surface area contributed by atoms with E-state index in [1.54, 1.807) is 18.6 Å². The molecule has 0 bridgehead atoms. The zero-order valence-corrected chi connectivity index (χ0v) is 18.7. The van der Waals surface area contributed by atoms with Crippen LogP contribution in [0.4, 0.5) is 0 Å². The second kappa shape index (κ2) is 12.6. The number of aromatic nitrogens is 3. The summed E-state index contributed by atoms with van der Waals surface area (Å²) >= 11 is 0. The van der Waals surface area contributed by atoms with Gasteiger partial charge in [-0.2, -0.15) is 0 Å². The van der Waals surface area contributed by atoms with E-state index < -0.39 is 0 Å². The SMILES string of the molecule is c1cncc(CNCc2cc(CNCc3cccnc3)cc(CNCc3cccnc3)c2)c1. The Labute approximate surface area is 195 Å². The van der Waals surface area contributed by atoms with Gasteiger partial charge in [0.25, 0.3) is 0 Å². The maximum Gasteiger partial charge on any atom is 0.0312 e. The molecule has 0 saturated heterocycles. The minimum absolute atomic E-state index is 0.798. The molecule has 0 atom stereocenters. The third kappa shape index (κ3) is 7.88. The lowest BCUT2D eigenvalue weighted by atomic mass is 10.0. The van der Waals surface area contributed by atoms with Crippen molar-refractivity contribution in [2.24, 2.45) is 0 Å². The molecule has 4 aromatic rings. The summed E-state index contributed by atoms with van der Waals surface area (Å²) in [6.45, 7) is 4.81. The first kappa shape index (κ1) is 22.7. The predicted octanol–water partition coefficient (Wildman–Crippen LogP) is 3.74. The van der Waals surface area contributed by atoms with Crippen molar-refractivity contribution in [3.8, 4) is 0 Å². The molecule has 0 unspecified atom stereocenters. The van der Waals surface area contributed by atoms with E-state index in [4.69, 9.17) is 0 Å². The highest BCUT2D eigenvalue weighted by Crippen LogP contribution is 2.12. The molecule has 3 heterocycles. The van der Waals surface area contributed by atoms with Crippen LogP contribution in [0, 0.1) is 0 Å². The molecule has 0 aliphatic heterocycles. The van der Waals surface area contributed by atoms with Crippen LogP contribution in [0.3, 0.4) is 0 Å². The van der Waals surface area contributed by atoms with Crippen molar-refractivity contribution in [1.82, 2.24) is 30.9 Å². The molecule has 0 fully saturated rings. The van der Waals surface area contributed by atoms with Gasteiger partial charge < -0.3 is 16.0 Å². The molecule has 168 valence electrons. The van der Waals surface area contributed by atoms with Gasteiger partial charge in [-0.1, -0.05) is 36.4 Å². The molecule has 4 rings (SSSR count). The molecule has 0 amide bonds. The highest BCUT2D eigenvalue weighted by Gasteiger charge is 2.04. The lowest BCUT2D eigenvalue weighted by Gasteiger charge is -2.13. The molecule has 33 heavy (non-hydrogen) atoms. The van der Waals surface area contributed by atoms with E-state index in [9.17, 15) is 0 Å². The summed E-state index contributed by atoms with van der Waals surface area (Å²) in [5.74, 6) is 0. The molecule has 3 N–H and O–H groups in total. The second-order valence-corrected chi connectivity index (χ2v) is 8.05. The van der Waals surface area contributed by atoms with Crippen LogP contribution in [0.1, 0.15) is 33.4 Å². The fourth-order valence-electron chi connectivity index (χ4n) is 3.71. The van der Waals surface area contributed by atoms with Crippen LogP contribution < -0.4 is 16.0 Å². The minimum Gasteiger partial charge on any atom is -0.309 e. The third-order valence-electron chi connectivity index (χ3n) is 5.26. The fraction of sp³-hybridized carbons (Fsp3) is 0.222. The number of hydrogen-bond donors (Lipinski definition) is 3. The van der Waals surface area contributed by atoms with Gasteiger partial charge in [-0.05, 0) is 51.6 Å². The number of nitrogens with zero attached hydrogens (tertiary/aromatic N) is 3. The quantitative estimate of drug-likeness (QED) is 0.313. The Morgan fingerprint density at radius 2 is 0.727 bits per heavy atom. The van der Waals surface area contributed by atoms with Gasteiger partial charge in [-0.15, -0.1) is 0 Å². The van der Waals surface area contributed by atoms with Crippen molar-refractivity contribution >= 4 is 0 Å². The summed E-state index contributed by atoms with van der Waals surface area (Å²) < 4.78 is 0. The maximum atomic E-state index is 4.19. The standard InChI is InChI=1S/C27H30N6/c1-4-22(13-28-7-1)16-31-19-25-10-26(20-32-17-23-5-2-8-29-14-23)12-27(11-25)21-33-18-24-6-3-9-30-15-24/h1-15,31-33H,16-21H2. The van der Waals surface area contributed by atoms with Crippen LogP contribution in [0.2, 0.25) is 0 Å². The normalized spacial score (nSPS) is 10.9. The van der Waals surface area contributed by atoms with Gasteiger partial charge in [0.15, 0.2) is 0 Å². The van der Waals surface area contributed by atoms with E-state index in [0.717, 1.165) is 39.3 Å². The zero-order valence-electron chi connectivity index (χ0n) is 18.7. The van der Waals surface area contributed by atoms with E-state index in [-0.39, 0.29) is 0 Å². The van der Waals surface area contributed by atoms with E-state index in [1.807, 2.05) is 36.8 Å². The Bertz CT molecular complexity index is 933.